The molecule has 0 aliphatic heterocycles. The minimum Gasteiger partial charge on any atom is -0.468 e. The molecule has 6 nitrogen and oxygen atoms in total. The van der Waals surface area contributed by atoms with Gasteiger partial charge in [-0.2, -0.15) is 0 Å². The largest absolute Gasteiger partial charge is 0.468 e. The summed E-state index contributed by atoms with van der Waals surface area (Å²) in [4.78, 5) is 0. The van der Waals surface area contributed by atoms with E-state index in [0.29, 0.717) is 17.9 Å². The van der Waals surface area contributed by atoms with Gasteiger partial charge in [-0.3, -0.25) is 0 Å². The summed E-state index contributed by atoms with van der Waals surface area (Å²) in [5.74, 6) is 0.272. The lowest BCUT2D eigenvalue weighted by Crippen LogP contribution is -2.22. The Morgan fingerprint density at radius 1 is 1.23 bits per heavy atom. The Morgan fingerprint density at radius 3 is 2.59 bits per heavy atom. The molecule has 0 fully saturated rings. The average molecular weight is 311 g/mol. The van der Waals surface area contributed by atoms with Crippen LogP contribution in [-0.2, 0) is 14.2 Å². The van der Waals surface area contributed by atoms with Crippen molar-refractivity contribution in [1.29, 1.82) is 5.41 Å². The summed E-state index contributed by atoms with van der Waals surface area (Å²) in [6.45, 7) is 2.09. The number of methoxy groups -OCH3 is 2. The molecule has 0 aliphatic carbocycles. The van der Waals surface area contributed by atoms with Crippen LogP contribution in [0.1, 0.15) is 24.8 Å². The molecule has 0 heterocycles. The Morgan fingerprint density at radius 2 is 1.95 bits per heavy atom. The highest BCUT2D eigenvalue weighted by Gasteiger charge is 2.19. The van der Waals surface area contributed by atoms with E-state index in [1.807, 2.05) is 31.2 Å². The molecule has 1 rings (SSSR count). The fraction of sp³-hybridized carbons (Fsp3) is 0.562. The third-order valence-corrected chi connectivity index (χ3v) is 3.18. The van der Waals surface area contributed by atoms with E-state index in [-0.39, 0.29) is 32.2 Å². The van der Waals surface area contributed by atoms with Crippen LogP contribution in [0.15, 0.2) is 24.3 Å². The van der Waals surface area contributed by atoms with Gasteiger partial charge in [0.25, 0.3) is 0 Å². The summed E-state index contributed by atoms with van der Waals surface area (Å²) in [7, 11) is 3.11. The molecule has 124 valence electrons. The Kier molecular flexibility index (Phi) is 8.69. The second-order valence-corrected chi connectivity index (χ2v) is 4.97. The van der Waals surface area contributed by atoms with E-state index in [1.165, 1.54) is 0 Å². The fourth-order valence-corrected chi connectivity index (χ4v) is 2.06. The summed E-state index contributed by atoms with van der Waals surface area (Å²) in [5, 5.41) is 17.8. The van der Waals surface area contributed by atoms with Crippen molar-refractivity contribution in [2.75, 3.05) is 34.4 Å². The zero-order valence-electron chi connectivity index (χ0n) is 13.4. The minimum absolute atomic E-state index is 0.135. The Bertz CT molecular complexity index is 452. The zero-order valence-corrected chi connectivity index (χ0v) is 13.4. The topological polar surface area (TPSA) is 81.0 Å². The molecule has 2 atom stereocenters. The highest BCUT2D eigenvalue weighted by atomic mass is 16.7. The summed E-state index contributed by atoms with van der Waals surface area (Å²) in [5.41, 5.74) is 1.25. The predicted molar refractivity (Wildman–Crippen MR) is 83.5 cm³/mol. The molecule has 0 radical (unpaired) electrons. The van der Waals surface area contributed by atoms with Crippen molar-refractivity contribution < 1.29 is 24.1 Å². The van der Waals surface area contributed by atoms with Crippen LogP contribution >= 0.6 is 0 Å². The number of aliphatic hydroxyl groups is 1. The van der Waals surface area contributed by atoms with E-state index >= 15 is 0 Å². The van der Waals surface area contributed by atoms with Crippen LogP contribution in [-0.4, -0.2) is 51.3 Å². The van der Waals surface area contributed by atoms with Gasteiger partial charge in [0.2, 0.25) is 0 Å². The van der Waals surface area contributed by atoms with Crippen molar-refractivity contribution in [1.82, 2.24) is 0 Å². The van der Waals surface area contributed by atoms with Crippen molar-refractivity contribution in [3.63, 3.8) is 0 Å². The molecule has 0 aliphatic rings. The molecule has 22 heavy (non-hydrogen) atoms. The lowest BCUT2D eigenvalue weighted by Gasteiger charge is -2.20. The number of benzene rings is 1. The monoisotopic (exact) mass is 311 g/mol. The maximum atomic E-state index is 9.63. The number of aliphatic hydroxyl groups excluding tert-OH is 1. The van der Waals surface area contributed by atoms with E-state index < -0.39 is 0 Å². The van der Waals surface area contributed by atoms with Gasteiger partial charge in [0.15, 0.2) is 6.79 Å². The van der Waals surface area contributed by atoms with Crippen LogP contribution in [0.25, 0.3) is 0 Å². The second kappa shape index (κ2) is 10.3. The molecule has 1 aromatic carbocycles. The minimum atomic E-state index is -0.375. The van der Waals surface area contributed by atoms with Gasteiger partial charge in [0.1, 0.15) is 12.5 Å². The summed E-state index contributed by atoms with van der Waals surface area (Å²) in [6, 6.07) is 7.33. The van der Waals surface area contributed by atoms with E-state index in [4.69, 9.17) is 24.4 Å². The molecular weight excluding hydrogens is 286 g/mol. The number of rotatable bonds is 11. The Hall–Kier alpha value is -1.47. The molecule has 0 aromatic heterocycles. The highest BCUT2D eigenvalue weighted by molar-refractivity contribution is 5.88. The van der Waals surface area contributed by atoms with Crippen LogP contribution in [0.2, 0.25) is 0 Å². The normalized spacial score (nSPS) is 13.6. The van der Waals surface area contributed by atoms with Crippen LogP contribution in [0.4, 0.5) is 0 Å². The van der Waals surface area contributed by atoms with Gasteiger partial charge in [-0.1, -0.05) is 12.1 Å². The lowest BCUT2D eigenvalue weighted by molar-refractivity contribution is -0.0627. The Balaban J connectivity index is 2.71. The first kappa shape index (κ1) is 18.6. The van der Waals surface area contributed by atoms with Gasteiger partial charge in [-0.15, -0.1) is 0 Å². The molecule has 1 aromatic rings. The summed E-state index contributed by atoms with van der Waals surface area (Å²) in [6.07, 6.45) is 0.284. The fourth-order valence-electron chi connectivity index (χ4n) is 2.06. The lowest BCUT2D eigenvalue weighted by atomic mass is 9.91. The number of ether oxygens (including phenoxy) is 4. The predicted octanol–water partition coefficient (Wildman–Crippen LogP) is 2.16. The number of nitrogens with one attached hydrogen (secondary N) is 1. The van der Waals surface area contributed by atoms with Crippen molar-refractivity contribution in [2.45, 2.75) is 25.4 Å². The van der Waals surface area contributed by atoms with Gasteiger partial charge in [0.05, 0.1) is 12.7 Å². The van der Waals surface area contributed by atoms with Gasteiger partial charge >= 0.3 is 0 Å². The molecule has 0 unspecified atom stereocenters. The maximum absolute atomic E-state index is 9.63. The van der Waals surface area contributed by atoms with E-state index in [1.54, 1.807) is 14.2 Å². The molecule has 0 amide bonds. The van der Waals surface area contributed by atoms with Crippen molar-refractivity contribution in [2.24, 2.45) is 0 Å². The molecule has 6 heteroatoms. The first-order valence-corrected chi connectivity index (χ1v) is 7.12. The highest BCUT2D eigenvalue weighted by Crippen LogP contribution is 2.23. The van der Waals surface area contributed by atoms with Crippen molar-refractivity contribution >= 4 is 5.71 Å². The summed E-state index contributed by atoms with van der Waals surface area (Å²) >= 11 is 0. The van der Waals surface area contributed by atoms with E-state index in [2.05, 4.69) is 0 Å². The first-order chi connectivity index (χ1) is 10.6. The second-order valence-electron chi connectivity index (χ2n) is 4.97. The number of hydrogen-bond acceptors (Lipinski definition) is 6. The van der Waals surface area contributed by atoms with Crippen LogP contribution in [0.5, 0.6) is 5.75 Å². The first-order valence-electron chi connectivity index (χ1n) is 7.12. The smallest absolute Gasteiger partial charge is 0.188 e. The SMILES string of the molecule is COCOc1cccc([C@@H](CO)C(=N)C[C@H](C)OCOC)c1. The third-order valence-electron chi connectivity index (χ3n) is 3.18. The molecule has 0 spiro atoms. The molecule has 0 saturated carbocycles. The Labute approximate surface area is 131 Å². The van der Waals surface area contributed by atoms with Gasteiger partial charge in [-0.05, 0) is 24.6 Å². The van der Waals surface area contributed by atoms with Crippen molar-refractivity contribution in [3.8, 4) is 5.75 Å². The quantitative estimate of drug-likeness (QED) is 0.483. The molecule has 2 N–H and O–H groups in total. The summed E-state index contributed by atoms with van der Waals surface area (Å²) < 4.78 is 20.5. The molecule has 0 saturated heterocycles. The number of hydrogen-bond donors (Lipinski definition) is 2. The van der Waals surface area contributed by atoms with Gasteiger partial charge < -0.3 is 29.5 Å². The zero-order chi connectivity index (χ0) is 16.4. The van der Waals surface area contributed by atoms with Crippen molar-refractivity contribution in [3.05, 3.63) is 29.8 Å². The van der Waals surface area contributed by atoms with Crippen LogP contribution < -0.4 is 4.74 Å². The molecular formula is C16H25NO5. The third kappa shape index (κ3) is 6.11. The average Bonchev–Trinajstić information content (AvgIpc) is 2.52. The molecule has 0 bridgehead atoms. The van der Waals surface area contributed by atoms with Crippen LogP contribution in [0.3, 0.4) is 0 Å². The van der Waals surface area contributed by atoms with Gasteiger partial charge in [-0.25, -0.2) is 0 Å². The van der Waals surface area contributed by atoms with Gasteiger partial charge in [0, 0.05) is 32.3 Å². The van der Waals surface area contributed by atoms with Crippen LogP contribution in [0, 0.1) is 5.41 Å². The maximum Gasteiger partial charge on any atom is 0.188 e. The van der Waals surface area contributed by atoms with E-state index in [0.717, 1.165) is 5.56 Å². The van der Waals surface area contributed by atoms with E-state index in [9.17, 15) is 5.11 Å². The standard InChI is InChI=1S/C16H25NO5/c1-12(21-10-19-2)7-16(17)15(9-18)13-5-4-6-14(8-13)22-11-20-3/h4-6,8,12,15,17-18H,7,9-11H2,1-3H3/t12-,15+/m0/s1.